The third kappa shape index (κ3) is 7.16. The molecule has 214 valence electrons. The molecule has 4 rings (SSSR count). The number of aromatic nitrogens is 3. The van der Waals surface area contributed by atoms with Crippen molar-refractivity contribution in [3.8, 4) is 11.4 Å². The van der Waals surface area contributed by atoms with E-state index in [0.29, 0.717) is 11.6 Å². The Bertz CT molecular complexity index is 1040. The first-order valence-electron chi connectivity index (χ1n) is 12.3. The number of hydrogen-bond donors (Lipinski definition) is 1. The van der Waals surface area contributed by atoms with Crippen molar-refractivity contribution in [3.05, 3.63) is 36.2 Å². The van der Waals surface area contributed by atoms with E-state index >= 15 is 0 Å². The lowest BCUT2D eigenvalue weighted by atomic mass is 9.91. The Morgan fingerprint density at radius 2 is 1.63 bits per heavy atom. The van der Waals surface area contributed by atoms with Crippen LogP contribution in [0, 0.1) is 5.92 Å². The van der Waals surface area contributed by atoms with Gasteiger partial charge in [0.1, 0.15) is 24.1 Å². The topological polar surface area (TPSA) is 104 Å². The van der Waals surface area contributed by atoms with Crippen LogP contribution in [0.25, 0.3) is 11.3 Å². The summed E-state index contributed by atoms with van der Waals surface area (Å²) in [6.45, 7) is 4.11. The van der Waals surface area contributed by atoms with Crippen LogP contribution in [0.15, 0.2) is 30.3 Å². The molecule has 1 saturated heterocycles. The summed E-state index contributed by atoms with van der Waals surface area (Å²) in [7, 11) is 6.64. The third-order valence-corrected chi connectivity index (χ3v) is 6.72. The van der Waals surface area contributed by atoms with Gasteiger partial charge in [-0.05, 0) is 61.9 Å². The fraction of sp³-hybridized carbons (Fsp3) is 0.640. The molecule has 38 heavy (non-hydrogen) atoms. The van der Waals surface area contributed by atoms with Crippen LogP contribution in [0.4, 0.5) is 13.2 Å². The molecule has 0 saturated carbocycles. The van der Waals surface area contributed by atoms with Crippen LogP contribution in [0.2, 0.25) is 0 Å². The Morgan fingerprint density at radius 1 is 1.00 bits per heavy atom. The molecule has 1 aromatic carbocycles. The molecule has 0 spiro atoms. The highest BCUT2D eigenvalue weighted by molar-refractivity contribution is 5.61. The minimum atomic E-state index is -4.68. The number of rotatable bonds is 7. The first kappa shape index (κ1) is 30.1. The van der Waals surface area contributed by atoms with Gasteiger partial charge in [0.25, 0.3) is 0 Å². The lowest BCUT2D eigenvalue weighted by molar-refractivity contribution is -0.306. The highest BCUT2D eigenvalue weighted by Gasteiger charge is 2.45. The fourth-order valence-electron chi connectivity index (χ4n) is 4.65. The lowest BCUT2D eigenvalue weighted by Crippen LogP contribution is -2.59. The van der Waals surface area contributed by atoms with Crippen molar-refractivity contribution in [2.45, 2.75) is 70.2 Å². The zero-order chi connectivity index (χ0) is 28.0. The van der Waals surface area contributed by atoms with Gasteiger partial charge in [-0.1, -0.05) is 13.0 Å². The summed E-state index contributed by atoms with van der Waals surface area (Å²) in [6.07, 6.45) is -0.901. The largest absolute Gasteiger partial charge is 0.573 e. The van der Waals surface area contributed by atoms with E-state index in [1.54, 1.807) is 38.3 Å². The van der Waals surface area contributed by atoms with Crippen LogP contribution in [0.1, 0.15) is 38.9 Å². The van der Waals surface area contributed by atoms with E-state index in [1.165, 1.54) is 17.7 Å². The van der Waals surface area contributed by atoms with E-state index in [9.17, 15) is 13.2 Å². The van der Waals surface area contributed by atoms with Gasteiger partial charge < -0.3 is 23.7 Å². The van der Waals surface area contributed by atoms with Gasteiger partial charge in [-0.2, -0.15) is 4.80 Å². The second-order valence-electron chi connectivity index (χ2n) is 9.33. The number of ether oxygens (including phenoxy) is 5. The van der Waals surface area contributed by atoms with Crippen molar-refractivity contribution >= 4 is 5.57 Å². The molecule has 2 heterocycles. The second kappa shape index (κ2) is 13.1. The predicted octanol–water partition coefficient (Wildman–Crippen LogP) is 3.98. The average molecular weight is 547 g/mol. The Labute approximate surface area is 220 Å². The molecule has 1 aromatic heterocycles. The van der Waals surface area contributed by atoms with Crippen molar-refractivity contribution in [3.63, 3.8) is 0 Å². The van der Waals surface area contributed by atoms with Gasteiger partial charge in [-0.3, -0.25) is 4.84 Å². The first-order valence-corrected chi connectivity index (χ1v) is 12.3. The highest BCUT2D eigenvalue weighted by atomic mass is 19.4. The summed E-state index contributed by atoms with van der Waals surface area (Å²) >= 11 is 0. The summed E-state index contributed by atoms with van der Waals surface area (Å²) < 4.78 is 63.6. The molecule has 0 bridgehead atoms. The predicted molar refractivity (Wildman–Crippen MR) is 132 cm³/mol. The number of nitrogens with zero attached hydrogens (tertiary/aromatic N) is 3. The maximum Gasteiger partial charge on any atom is 0.573 e. The van der Waals surface area contributed by atoms with Gasteiger partial charge in [0.15, 0.2) is 5.82 Å². The lowest BCUT2D eigenvalue weighted by Gasteiger charge is -2.42. The molecule has 0 radical (unpaired) electrons. The Morgan fingerprint density at radius 3 is 2.11 bits per heavy atom. The smallest absolute Gasteiger partial charge is 0.406 e. The van der Waals surface area contributed by atoms with E-state index in [-0.39, 0.29) is 24.1 Å². The van der Waals surface area contributed by atoms with E-state index in [0.717, 1.165) is 25.1 Å². The van der Waals surface area contributed by atoms with E-state index in [2.05, 4.69) is 22.8 Å². The summed E-state index contributed by atoms with van der Waals surface area (Å²) in [6, 6.07) is 5.67. The molecule has 1 aliphatic carbocycles. The minimum Gasteiger partial charge on any atom is -0.406 e. The number of hydrogen-bond acceptors (Lipinski definition) is 8. The van der Waals surface area contributed by atoms with Crippen LogP contribution in [-0.4, -0.2) is 73.0 Å². The molecule has 1 fully saturated rings. The van der Waals surface area contributed by atoms with Crippen molar-refractivity contribution in [1.29, 1.82) is 0 Å². The Balaban J connectivity index is 0.000000232. The third-order valence-electron chi connectivity index (χ3n) is 6.72. The molecule has 1 aliphatic heterocycles. The van der Waals surface area contributed by atoms with Crippen molar-refractivity contribution in [2.75, 3.05) is 21.3 Å². The van der Waals surface area contributed by atoms with E-state index in [1.807, 2.05) is 18.7 Å². The van der Waals surface area contributed by atoms with Gasteiger partial charge >= 0.3 is 6.36 Å². The maximum absolute atomic E-state index is 12.2. The molecule has 2 aliphatic rings. The first-order chi connectivity index (χ1) is 18.0. The van der Waals surface area contributed by atoms with Crippen LogP contribution >= 0.6 is 0 Å². The molecule has 10 nitrogen and oxygen atoms in total. The number of allylic oxidation sites excluding steroid dienone is 2. The highest BCUT2D eigenvalue weighted by Crippen LogP contribution is 2.30. The molecule has 0 amide bonds. The number of nitrogens with two attached hydrogens (primary N) is 1. The van der Waals surface area contributed by atoms with Crippen LogP contribution in [-0.2, 0) is 30.8 Å². The summed E-state index contributed by atoms with van der Waals surface area (Å²) in [4.78, 5) is 6.37. The van der Waals surface area contributed by atoms with Gasteiger partial charge in [-0.25, -0.2) is 10.6 Å². The number of methoxy groups -OCH3 is 3. The van der Waals surface area contributed by atoms with Gasteiger partial charge in [-0.15, -0.1) is 18.3 Å². The Hall–Kier alpha value is -2.42. The summed E-state index contributed by atoms with van der Waals surface area (Å²) in [5.74, 6) is 6.53. The quantitative estimate of drug-likeness (QED) is 0.521. The summed E-state index contributed by atoms with van der Waals surface area (Å²) in [5.41, 5.74) is 1.93. The molecular weight excluding hydrogens is 509 g/mol. The molecule has 2 N–H and O–H groups in total. The van der Waals surface area contributed by atoms with Crippen LogP contribution in [0.5, 0.6) is 5.75 Å². The maximum atomic E-state index is 12.2. The number of alkyl halides is 3. The van der Waals surface area contributed by atoms with Crippen LogP contribution < -0.4 is 10.6 Å². The Kier molecular flexibility index (Phi) is 10.4. The van der Waals surface area contributed by atoms with Crippen molar-refractivity contribution in [1.82, 2.24) is 14.6 Å². The minimum absolute atomic E-state index is 0.167. The second-order valence-corrected chi connectivity index (χ2v) is 9.33. The van der Waals surface area contributed by atoms with Crippen LogP contribution in [0.3, 0.4) is 0 Å². The standard InChI is InChI=1S/C16H18F3N3O.C9H19NO5/c1-11-3-5-12(6-4-11)15-20-22(21(15)2)13-7-9-14(10-8-13)23-16(17,18)19;1-5-6(11-2)7(12-3)8(13-4)9(14-5)15-10/h5,7-11H,3-4,6H2,1-2H3;5-9H,10H2,1-4H3/t;5-,6-,7+,8+,9-/m.0/s1. The normalized spacial score (nSPS) is 27.9. The zero-order valence-electron chi connectivity index (χ0n) is 22.5. The molecular formula is C25H37F3N4O6. The van der Waals surface area contributed by atoms with Gasteiger partial charge in [0.05, 0.1) is 11.8 Å². The van der Waals surface area contributed by atoms with Gasteiger partial charge in [0.2, 0.25) is 6.29 Å². The monoisotopic (exact) mass is 546 g/mol. The fourth-order valence-corrected chi connectivity index (χ4v) is 4.65. The van der Waals surface area contributed by atoms with Crippen molar-refractivity contribution in [2.24, 2.45) is 18.9 Å². The van der Waals surface area contributed by atoms with Crippen molar-refractivity contribution < 1.29 is 41.7 Å². The number of benzene rings is 1. The van der Waals surface area contributed by atoms with E-state index < -0.39 is 18.8 Å². The average Bonchev–Trinajstić information content (AvgIpc) is 2.88. The number of halogens is 3. The molecule has 2 aromatic rings. The van der Waals surface area contributed by atoms with E-state index in [4.69, 9.17) is 29.7 Å². The SMILES string of the molecule is CC1CC=C(c2nn(-c3ccc(OC(F)(F)F)cc3)n2C)CC1.CO[C@@H]1[C@@H](OC)[C@H](C)O[C@@H](ON)[C@@H]1OC. The summed E-state index contributed by atoms with van der Waals surface area (Å²) in [5, 5.41) is 4.47. The zero-order valence-corrected chi connectivity index (χ0v) is 22.5. The van der Waals surface area contributed by atoms with Gasteiger partial charge in [0, 0.05) is 28.4 Å². The molecule has 13 heteroatoms. The molecule has 1 unspecified atom stereocenters. The molecule has 6 atom stereocenters.